The minimum Gasteiger partial charge on any atom is -0.744 e. The molecule has 24 heteroatoms. The summed E-state index contributed by atoms with van der Waals surface area (Å²) >= 11 is 0. The molecule has 0 N–H and O–H groups in total. The summed E-state index contributed by atoms with van der Waals surface area (Å²) < 4.78 is 180. The summed E-state index contributed by atoms with van der Waals surface area (Å²) in [4.78, 5) is -2.84. The van der Waals surface area contributed by atoms with Crippen molar-refractivity contribution in [1.29, 1.82) is 0 Å². The van der Waals surface area contributed by atoms with E-state index >= 15 is 0 Å². The van der Waals surface area contributed by atoms with Gasteiger partial charge in [-0.05, 0) is 74.2 Å². The molecular formula is C44H52Na4O16S4. The summed E-state index contributed by atoms with van der Waals surface area (Å²) in [5.74, 6) is 0.233. The van der Waals surface area contributed by atoms with E-state index in [2.05, 4.69) is 0 Å². The molecule has 0 amide bonds. The molecule has 68 heavy (non-hydrogen) atoms. The van der Waals surface area contributed by atoms with Crippen molar-refractivity contribution in [1.82, 2.24) is 0 Å². The van der Waals surface area contributed by atoms with Crippen LogP contribution < -0.4 is 137 Å². The molecule has 0 aromatic heterocycles. The smallest absolute Gasteiger partial charge is 0.744 e. The van der Waals surface area contributed by atoms with Crippen LogP contribution in [0.15, 0.2) is 68.1 Å². The van der Waals surface area contributed by atoms with Crippen LogP contribution in [-0.2, 0) is 66.2 Å². The molecule has 0 aliphatic heterocycles. The number of benzene rings is 4. The van der Waals surface area contributed by atoms with E-state index in [9.17, 15) is 51.9 Å². The van der Waals surface area contributed by atoms with Crippen LogP contribution in [0.5, 0.6) is 23.0 Å². The van der Waals surface area contributed by atoms with Gasteiger partial charge in [-0.3, -0.25) is 0 Å². The van der Waals surface area contributed by atoms with Gasteiger partial charge in [-0.15, -0.1) is 0 Å². The summed E-state index contributed by atoms with van der Waals surface area (Å²) in [6.07, 6.45) is 3.16. The van der Waals surface area contributed by atoms with Crippen LogP contribution in [0, 0.1) is 0 Å². The normalized spacial score (nSPS) is 12.6. The third-order valence-electron chi connectivity index (χ3n) is 10.5. The van der Waals surface area contributed by atoms with Gasteiger partial charge < -0.3 is 37.2 Å². The number of ether oxygens (including phenoxy) is 4. The van der Waals surface area contributed by atoms with E-state index in [0.29, 0.717) is 51.4 Å². The summed E-state index contributed by atoms with van der Waals surface area (Å²) in [6.45, 7) is 7.95. The van der Waals surface area contributed by atoms with Crippen molar-refractivity contribution in [2.24, 2.45) is 0 Å². The van der Waals surface area contributed by atoms with E-state index < -0.39 is 85.7 Å². The first-order chi connectivity index (χ1) is 30.1. The maximum atomic E-state index is 12.9. The monoisotopic (exact) mass is 1060 g/mol. The molecule has 0 heterocycles. The van der Waals surface area contributed by atoms with Gasteiger partial charge in [0.05, 0.1) is 46.0 Å². The Morgan fingerprint density at radius 3 is 0.603 bits per heavy atom. The van der Waals surface area contributed by atoms with Crippen molar-refractivity contribution < 1.29 is 189 Å². The van der Waals surface area contributed by atoms with Crippen LogP contribution in [0.1, 0.15) is 124 Å². The van der Waals surface area contributed by atoms with Crippen LogP contribution in [-0.4, -0.2) is 78.3 Å². The molecule has 4 aromatic carbocycles. The van der Waals surface area contributed by atoms with Gasteiger partial charge in [0.1, 0.15) is 63.5 Å². The predicted molar refractivity (Wildman–Crippen MR) is 230 cm³/mol. The summed E-state index contributed by atoms with van der Waals surface area (Å²) in [7, 11) is -20.9. The van der Waals surface area contributed by atoms with E-state index in [0.717, 1.165) is 48.5 Å². The molecular weight excluding hydrogens is 1000 g/mol. The topological polar surface area (TPSA) is 266 Å². The molecule has 0 saturated carbocycles. The van der Waals surface area contributed by atoms with Gasteiger partial charge in [0.15, 0.2) is 0 Å². The first kappa shape index (κ1) is 65.7. The van der Waals surface area contributed by atoms with E-state index in [-0.39, 0.29) is 212 Å². The third kappa shape index (κ3) is 18.0. The van der Waals surface area contributed by atoms with Crippen LogP contribution >= 0.6 is 0 Å². The van der Waals surface area contributed by atoms with Crippen molar-refractivity contribution in [3.05, 3.63) is 93.0 Å². The zero-order chi connectivity index (χ0) is 47.0. The second-order valence-corrected chi connectivity index (χ2v) is 21.1. The van der Waals surface area contributed by atoms with Crippen LogP contribution in [0.25, 0.3) is 0 Å². The molecule has 1 aliphatic carbocycles. The zero-order valence-electron chi connectivity index (χ0n) is 40.1. The second kappa shape index (κ2) is 29.0. The number of unbranched alkanes of at least 4 members (excludes halogenated alkanes) is 4. The average molecular weight is 1060 g/mol. The molecule has 8 bridgehead atoms. The SMILES string of the molecule is CCCCOc1c2cc(S(=O)(=O)[O-])cc1Cc1cc(S(=O)(=O)[O-])cc(c1OCCCC)Cc1cc(S(=O)(=O)[O-])cc(c1OCCCC)Cc1cc(S(=O)(=O)[O-])cc(c1OCCCC)C2.[Na+].[Na+].[Na+].[Na+]. The molecule has 1 aliphatic rings. The van der Waals surface area contributed by atoms with E-state index in [4.69, 9.17) is 18.9 Å². The summed E-state index contributed by atoms with van der Waals surface area (Å²) in [6, 6.07) is 8.57. The molecule has 0 radical (unpaired) electrons. The van der Waals surface area contributed by atoms with Crippen molar-refractivity contribution in [2.45, 2.75) is 124 Å². The van der Waals surface area contributed by atoms with Gasteiger partial charge in [-0.1, -0.05) is 53.4 Å². The van der Waals surface area contributed by atoms with Crippen molar-refractivity contribution >= 4 is 40.5 Å². The largest absolute Gasteiger partial charge is 1.00 e. The number of rotatable bonds is 20. The molecule has 16 nitrogen and oxygen atoms in total. The first-order valence-electron chi connectivity index (χ1n) is 21.1. The van der Waals surface area contributed by atoms with Gasteiger partial charge in [-0.2, -0.15) is 0 Å². The third-order valence-corrected chi connectivity index (χ3v) is 13.8. The second-order valence-electron chi connectivity index (χ2n) is 15.6. The van der Waals surface area contributed by atoms with Crippen molar-refractivity contribution in [3.63, 3.8) is 0 Å². The Balaban J connectivity index is 0.00000578. The molecule has 4 aromatic rings. The van der Waals surface area contributed by atoms with Gasteiger partial charge in [0.25, 0.3) is 0 Å². The van der Waals surface area contributed by atoms with Gasteiger partial charge in [0, 0.05) is 70.2 Å². The molecule has 0 atom stereocenters. The Morgan fingerprint density at radius 1 is 0.338 bits per heavy atom. The van der Waals surface area contributed by atoms with Crippen molar-refractivity contribution in [2.75, 3.05) is 26.4 Å². The molecule has 0 saturated heterocycles. The van der Waals surface area contributed by atoms with E-state index in [1.54, 1.807) is 0 Å². The van der Waals surface area contributed by atoms with Crippen LogP contribution in [0.4, 0.5) is 0 Å². The maximum Gasteiger partial charge on any atom is 1.00 e. The fourth-order valence-electron chi connectivity index (χ4n) is 7.35. The zero-order valence-corrected chi connectivity index (χ0v) is 51.4. The molecule has 352 valence electrons. The molecule has 0 fully saturated rings. The van der Waals surface area contributed by atoms with E-state index in [1.807, 2.05) is 27.7 Å². The number of hydrogen-bond acceptors (Lipinski definition) is 16. The average Bonchev–Trinajstić information content (AvgIpc) is 3.19. The number of fused-ring (bicyclic) bond motifs is 8. The van der Waals surface area contributed by atoms with Gasteiger partial charge in [0.2, 0.25) is 0 Å². The standard InChI is InChI=1S/C44H56O16S4.4Na/c1-5-9-13-57-41-29-17-31-23-38(62(48,49)50)25-33(42(31)58-14-10-6-2)19-35-27-40(64(54,55)56)28-36(44(35)60-16-12-8-4)20-34-26-39(63(51,52)53)24-32(43(34)59-15-11-7-3)18-30(41)22-37(21-29)61(45,46)47;;;;/h21-28H,5-20H2,1-4H3,(H,45,46,47)(H,48,49,50)(H,51,52,53)(H,54,55,56);;;;/q;4*+1/p-4. The quantitative estimate of drug-likeness (QED) is 0.0400. The fourth-order valence-corrected chi connectivity index (χ4v) is 9.65. The minimum absolute atomic E-state index is 0. The Kier molecular flexibility index (Phi) is 28.0. The van der Waals surface area contributed by atoms with Crippen molar-refractivity contribution in [3.8, 4) is 23.0 Å². The summed E-state index contributed by atoms with van der Waals surface area (Å²) in [5, 5.41) is 0. The Hall–Kier alpha value is -0.280. The van der Waals surface area contributed by atoms with E-state index in [1.165, 1.54) is 0 Å². The van der Waals surface area contributed by atoms with Gasteiger partial charge >= 0.3 is 118 Å². The summed E-state index contributed by atoms with van der Waals surface area (Å²) in [5.41, 5.74) is 0.396. The maximum absolute atomic E-state index is 12.9. The molecule has 0 spiro atoms. The van der Waals surface area contributed by atoms with Gasteiger partial charge in [-0.25, -0.2) is 33.7 Å². The molecule has 0 unspecified atom stereocenters. The Morgan fingerprint density at radius 2 is 0.485 bits per heavy atom. The van der Waals surface area contributed by atoms with Crippen LogP contribution in [0.3, 0.4) is 0 Å². The van der Waals surface area contributed by atoms with Crippen LogP contribution in [0.2, 0.25) is 0 Å². The fraction of sp³-hybridized carbons (Fsp3) is 0.455. The number of hydrogen-bond donors (Lipinski definition) is 0. The Labute approximate surface area is 490 Å². The minimum atomic E-state index is -5.22. The predicted octanol–water partition coefficient (Wildman–Crippen LogP) is -5.29. The first-order valence-corrected chi connectivity index (χ1v) is 26.7. The Bertz CT molecular complexity index is 2330. The molecule has 5 rings (SSSR count).